The maximum absolute atomic E-state index is 12.1. The Bertz CT molecular complexity index is 3420. The van der Waals surface area contributed by atoms with Crippen molar-refractivity contribution in [2.24, 2.45) is 0 Å². The minimum Gasteiger partial charge on any atom is -0.355 e. The van der Waals surface area contributed by atoms with E-state index < -0.39 is 0 Å². The average Bonchev–Trinajstić information content (AvgIpc) is 3.79. The van der Waals surface area contributed by atoms with Gasteiger partial charge in [0, 0.05) is 53.7 Å². The summed E-state index contributed by atoms with van der Waals surface area (Å²) >= 11 is 6.79. The Morgan fingerprint density at radius 3 is 1.28 bits per heavy atom. The van der Waals surface area contributed by atoms with Crippen LogP contribution in [0.15, 0.2) is 252 Å². The van der Waals surface area contributed by atoms with Crippen molar-refractivity contribution in [3.8, 4) is 44.5 Å². The highest BCUT2D eigenvalue weighted by molar-refractivity contribution is 9.10. The summed E-state index contributed by atoms with van der Waals surface area (Å²) in [5.74, 6) is -0.201. The summed E-state index contributed by atoms with van der Waals surface area (Å²) in [6.45, 7) is 9.30. The van der Waals surface area contributed by atoms with E-state index in [1.807, 2.05) is 0 Å². The van der Waals surface area contributed by atoms with Crippen LogP contribution in [-0.2, 0) is 10.8 Å². The molecule has 0 aromatic heterocycles. The smallest absolute Gasteiger partial charge is 0.123 e. The second kappa shape index (κ2) is 20.2. The summed E-state index contributed by atoms with van der Waals surface area (Å²) < 4.78 is 14.0. The van der Waals surface area contributed by atoms with E-state index in [0.717, 1.165) is 26.0 Å². The Kier molecular flexibility index (Phi) is 13.5. The van der Waals surface area contributed by atoms with Crippen LogP contribution in [0, 0.1) is 5.82 Å². The van der Waals surface area contributed by atoms with Gasteiger partial charge in [0.15, 0.2) is 0 Å². The zero-order valence-corrected chi connectivity index (χ0v) is 43.3. The number of benzene rings is 10. The average molecular weight is 1050 g/mol. The van der Waals surface area contributed by atoms with Crippen LogP contribution in [0.25, 0.3) is 44.5 Å². The molecule has 0 radical (unpaired) electrons. The van der Waals surface area contributed by atoms with Crippen LogP contribution in [0.2, 0.25) is 0 Å². The van der Waals surface area contributed by atoms with Gasteiger partial charge in [0.2, 0.25) is 0 Å². The molecular weight excluding hydrogens is 1000 g/mol. The summed E-state index contributed by atoms with van der Waals surface area (Å²) in [6.07, 6.45) is 0. The Morgan fingerprint density at radius 2 is 0.761 bits per heavy atom. The lowest BCUT2D eigenvalue weighted by Gasteiger charge is -2.29. The maximum Gasteiger partial charge on any atom is 0.123 e. The predicted molar refractivity (Wildman–Crippen MR) is 305 cm³/mol. The molecule has 0 spiro atoms. The SMILES string of the molecule is CC1(C)c2ccccc2-c2c(N(c3ccc(Br)cc3)c3ccc(-c4ccccc4)cc3)cccc21.CC1(C)c2ccccc2-c2c(Nc3ccc(-c4ccccc4)cc3)cccc21.Fc1ccc(Br)cc1. The van der Waals surface area contributed by atoms with Crippen molar-refractivity contribution in [3.05, 3.63) is 280 Å². The van der Waals surface area contributed by atoms with E-state index >= 15 is 0 Å². The Hall–Kier alpha value is -7.31. The highest BCUT2D eigenvalue weighted by atomic mass is 79.9. The summed E-state index contributed by atoms with van der Waals surface area (Å²) in [5.41, 5.74) is 21.5. The predicted octanol–water partition coefficient (Wildman–Crippen LogP) is 19.9. The van der Waals surface area contributed by atoms with E-state index in [-0.39, 0.29) is 16.6 Å². The fourth-order valence-electron chi connectivity index (χ4n) is 10.2. The Morgan fingerprint density at radius 1 is 0.366 bits per heavy atom. The van der Waals surface area contributed by atoms with Crippen LogP contribution in [0.3, 0.4) is 0 Å². The molecule has 0 saturated carbocycles. The quantitative estimate of drug-likeness (QED) is 0.171. The molecule has 0 heterocycles. The minimum absolute atomic E-state index is 0.0286. The normalized spacial score (nSPS) is 12.9. The molecule has 0 unspecified atom stereocenters. The molecule has 5 heteroatoms. The highest BCUT2D eigenvalue weighted by Gasteiger charge is 2.38. The van der Waals surface area contributed by atoms with Gasteiger partial charge < -0.3 is 10.2 Å². The first-order valence-corrected chi connectivity index (χ1v) is 25.6. The van der Waals surface area contributed by atoms with Gasteiger partial charge in [0.05, 0.1) is 5.69 Å². The molecule has 0 fully saturated rings. The van der Waals surface area contributed by atoms with Gasteiger partial charge >= 0.3 is 0 Å². The van der Waals surface area contributed by atoms with Crippen molar-refractivity contribution >= 4 is 60.3 Å². The van der Waals surface area contributed by atoms with E-state index in [2.05, 4.69) is 288 Å². The van der Waals surface area contributed by atoms with Crippen molar-refractivity contribution in [2.45, 2.75) is 38.5 Å². The molecule has 10 aromatic rings. The standard InChI is InChI=1S/C33H26BrN.C27H23N.C6H4BrF/c1-33(2)29-12-7-6-11-28(29)32-30(33)13-8-14-31(32)35(27-21-17-25(34)18-22-27)26-19-15-24(16-20-26)23-9-4-3-5-10-23;1-27(2)23-12-7-6-11-22(23)26-24(27)13-8-14-25(26)28-21-17-15-20(16-18-21)19-9-4-3-5-10-19;7-5-1-3-6(8)4-2-5/h3-22H,1-2H3;3-18,28H,1-2H3;1-4H. The van der Waals surface area contributed by atoms with Gasteiger partial charge in [-0.3, -0.25) is 0 Å². The van der Waals surface area contributed by atoms with Crippen LogP contribution < -0.4 is 10.2 Å². The van der Waals surface area contributed by atoms with Crippen LogP contribution in [0.5, 0.6) is 0 Å². The van der Waals surface area contributed by atoms with Gasteiger partial charge in [-0.2, -0.15) is 0 Å². The third-order valence-corrected chi connectivity index (χ3v) is 14.9. The lowest BCUT2D eigenvalue weighted by atomic mass is 9.82. The van der Waals surface area contributed by atoms with Gasteiger partial charge in [-0.25, -0.2) is 4.39 Å². The third-order valence-electron chi connectivity index (χ3n) is 13.8. The van der Waals surface area contributed by atoms with Crippen LogP contribution in [0.4, 0.5) is 32.8 Å². The lowest BCUT2D eigenvalue weighted by molar-refractivity contribution is 0.627. The first-order chi connectivity index (χ1) is 34.5. The maximum atomic E-state index is 12.1. The fraction of sp³-hybridized carbons (Fsp3) is 0.0909. The molecule has 2 aliphatic carbocycles. The molecule has 0 amide bonds. The van der Waals surface area contributed by atoms with E-state index in [1.54, 1.807) is 12.1 Å². The first-order valence-electron chi connectivity index (χ1n) is 24.0. The molecule has 2 nitrogen and oxygen atoms in total. The topological polar surface area (TPSA) is 15.3 Å². The Labute approximate surface area is 434 Å². The molecule has 12 rings (SSSR count). The number of fused-ring (bicyclic) bond motifs is 6. The molecule has 10 aromatic carbocycles. The molecular formula is C66H53Br2FN2. The van der Waals surface area contributed by atoms with Gasteiger partial charge in [-0.1, -0.05) is 217 Å². The number of hydrogen-bond acceptors (Lipinski definition) is 2. The second-order valence-corrected chi connectivity index (χ2v) is 20.8. The van der Waals surface area contributed by atoms with Gasteiger partial charge in [0.1, 0.15) is 5.82 Å². The molecule has 71 heavy (non-hydrogen) atoms. The van der Waals surface area contributed by atoms with Gasteiger partial charge in [0.25, 0.3) is 0 Å². The largest absolute Gasteiger partial charge is 0.355 e. The highest BCUT2D eigenvalue weighted by Crippen LogP contribution is 2.55. The van der Waals surface area contributed by atoms with Crippen molar-refractivity contribution in [1.82, 2.24) is 0 Å². The number of nitrogens with one attached hydrogen (secondary N) is 1. The molecule has 348 valence electrons. The third kappa shape index (κ3) is 9.65. The summed E-state index contributed by atoms with van der Waals surface area (Å²) in [7, 11) is 0. The van der Waals surface area contributed by atoms with Crippen LogP contribution in [0.1, 0.15) is 49.9 Å². The van der Waals surface area contributed by atoms with E-state index in [9.17, 15) is 4.39 Å². The number of anilines is 5. The molecule has 0 saturated heterocycles. The van der Waals surface area contributed by atoms with Crippen molar-refractivity contribution < 1.29 is 4.39 Å². The van der Waals surface area contributed by atoms with Gasteiger partial charge in [-0.15, -0.1) is 0 Å². The molecule has 0 atom stereocenters. The molecule has 1 N–H and O–H groups in total. The van der Waals surface area contributed by atoms with Gasteiger partial charge in [-0.05, 0) is 141 Å². The first kappa shape index (κ1) is 47.4. The number of nitrogens with zero attached hydrogens (tertiary/aromatic N) is 1. The van der Waals surface area contributed by atoms with E-state index in [0.29, 0.717) is 0 Å². The fourth-order valence-corrected chi connectivity index (χ4v) is 10.7. The second-order valence-electron chi connectivity index (χ2n) is 19.0. The monoisotopic (exact) mass is 1050 g/mol. The van der Waals surface area contributed by atoms with Crippen molar-refractivity contribution in [2.75, 3.05) is 10.2 Å². The minimum atomic E-state index is -0.201. The summed E-state index contributed by atoms with van der Waals surface area (Å²) in [5, 5.41) is 3.66. The van der Waals surface area contributed by atoms with Crippen LogP contribution in [-0.4, -0.2) is 0 Å². The van der Waals surface area contributed by atoms with E-state index in [1.165, 1.54) is 90.3 Å². The Balaban J connectivity index is 0.000000144. The van der Waals surface area contributed by atoms with E-state index in [4.69, 9.17) is 0 Å². The molecule has 0 aliphatic heterocycles. The number of halogens is 3. The summed E-state index contributed by atoms with van der Waals surface area (Å²) in [6, 6.07) is 84.3. The molecule has 0 bridgehead atoms. The van der Waals surface area contributed by atoms with Crippen LogP contribution >= 0.6 is 31.9 Å². The zero-order chi connectivity index (χ0) is 49.1. The number of rotatable bonds is 7. The number of hydrogen-bond donors (Lipinski definition) is 1. The molecule has 2 aliphatic rings. The van der Waals surface area contributed by atoms with Crippen molar-refractivity contribution in [3.63, 3.8) is 0 Å². The zero-order valence-electron chi connectivity index (χ0n) is 40.2. The summed E-state index contributed by atoms with van der Waals surface area (Å²) in [4.78, 5) is 2.39. The van der Waals surface area contributed by atoms with Crippen molar-refractivity contribution in [1.29, 1.82) is 0 Å². The lowest BCUT2D eigenvalue weighted by Crippen LogP contribution is -2.16.